The second-order valence-electron chi connectivity index (χ2n) is 8.69. The van der Waals surface area contributed by atoms with E-state index < -0.39 is 0 Å². The molecule has 2 saturated carbocycles. The first kappa shape index (κ1) is 17.6. The van der Waals surface area contributed by atoms with Crippen LogP contribution >= 0.6 is 0 Å². The smallest absolute Gasteiger partial charge is 0.270 e. The first-order valence-electron chi connectivity index (χ1n) is 10.3. The van der Waals surface area contributed by atoms with Crippen molar-refractivity contribution in [2.45, 2.75) is 63.8 Å². The van der Waals surface area contributed by atoms with Crippen LogP contribution in [-0.2, 0) is 11.8 Å². The van der Waals surface area contributed by atoms with Crippen LogP contribution in [0.5, 0.6) is 0 Å². The van der Waals surface area contributed by atoms with Crippen molar-refractivity contribution in [2.24, 2.45) is 18.4 Å². The second kappa shape index (κ2) is 7.09. The van der Waals surface area contributed by atoms with Gasteiger partial charge in [-0.2, -0.15) is 0 Å². The molecule has 2 amide bonds. The summed E-state index contributed by atoms with van der Waals surface area (Å²) in [5.41, 5.74) is 1.00. The predicted octanol–water partition coefficient (Wildman–Crippen LogP) is 3.11. The molecule has 0 bridgehead atoms. The number of hydrogen-bond acceptors (Lipinski definition) is 2. The molecule has 142 valence electrons. The van der Waals surface area contributed by atoms with E-state index in [1.54, 1.807) is 0 Å². The normalized spacial score (nSPS) is 24.8. The lowest BCUT2D eigenvalue weighted by molar-refractivity contribution is -0.121. The molecule has 2 aliphatic carbocycles. The summed E-state index contributed by atoms with van der Waals surface area (Å²) in [5, 5.41) is 3.11. The van der Waals surface area contributed by atoms with E-state index in [9.17, 15) is 9.59 Å². The molecule has 1 N–H and O–H groups in total. The van der Waals surface area contributed by atoms with Gasteiger partial charge in [0.05, 0.1) is 0 Å². The molecule has 1 unspecified atom stereocenters. The van der Waals surface area contributed by atoms with Gasteiger partial charge in [-0.25, -0.2) is 0 Å². The molecular weight excluding hydrogens is 326 g/mol. The average Bonchev–Trinajstić information content (AvgIpc) is 3.23. The molecular formula is C21H31N3O2. The van der Waals surface area contributed by atoms with Gasteiger partial charge in [-0.1, -0.05) is 19.3 Å². The lowest BCUT2D eigenvalue weighted by Gasteiger charge is -2.38. The third-order valence-electron chi connectivity index (χ3n) is 6.77. The van der Waals surface area contributed by atoms with E-state index in [1.165, 1.54) is 32.1 Å². The maximum atomic E-state index is 13.0. The fourth-order valence-corrected chi connectivity index (χ4v) is 5.09. The first-order chi connectivity index (χ1) is 12.6. The zero-order chi connectivity index (χ0) is 18.1. The lowest BCUT2D eigenvalue weighted by atomic mass is 9.66. The van der Waals surface area contributed by atoms with Crippen molar-refractivity contribution in [3.63, 3.8) is 0 Å². The summed E-state index contributed by atoms with van der Waals surface area (Å²) < 4.78 is 1.91. The fourth-order valence-electron chi connectivity index (χ4n) is 5.09. The number of likely N-dealkylation sites (tertiary alicyclic amines) is 1. The van der Waals surface area contributed by atoms with Gasteiger partial charge in [0, 0.05) is 38.8 Å². The summed E-state index contributed by atoms with van der Waals surface area (Å²) in [5.74, 6) is 0.801. The van der Waals surface area contributed by atoms with E-state index in [0.29, 0.717) is 18.4 Å². The molecule has 4 rings (SSSR count). The van der Waals surface area contributed by atoms with Gasteiger partial charge in [0.1, 0.15) is 5.69 Å². The van der Waals surface area contributed by atoms with Crippen LogP contribution in [0.1, 0.15) is 68.3 Å². The van der Waals surface area contributed by atoms with Crippen LogP contribution in [0, 0.1) is 11.3 Å². The SMILES string of the molecule is Cn1cccc1C(=O)N1CC(CCC(=O)NC2CC2)C2(CCCCC2)C1. The van der Waals surface area contributed by atoms with Crippen molar-refractivity contribution in [3.05, 3.63) is 24.0 Å². The molecule has 1 atom stereocenters. The number of nitrogens with one attached hydrogen (secondary N) is 1. The molecule has 5 nitrogen and oxygen atoms in total. The van der Waals surface area contributed by atoms with Crippen LogP contribution in [0.15, 0.2) is 18.3 Å². The maximum Gasteiger partial charge on any atom is 0.270 e. The Morgan fingerprint density at radius 2 is 2.00 bits per heavy atom. The quantitative estimate of drug-likeness (QED) is 0.880. The minimum atomic E-state index is 0.146. The van der Waals surface area contributed by atoms with Crippen molar-refractivity contribution in [3.8, 4) is 0 Å². The lowest BCUT2D eigenvalue weighted by Crippen LogP contribution is -2.35. The highest BCUT2D eigenvalue weighted by molar-refractivity contribution is 5.93. The van der Waals surface area contributed by atoms with Crippen molar-refractivity contribution >= 4 is 11.8 Å². The number of amides is 2. The van der Waals surface area contributed by atoms with Crippen molar-refractivity contribution in [1.29, 1.82) is 0 Å². The molecule has 5 heteroatoms. The van der Waals surface area contributed by atoms with E-state index in [1.807, 2.05) is 29.9 Å². The maximum absolute atomic E-state index is 13.0. The average molecular weight is 357 g/mol. The molecule has 2 heterocycles. The molecule has 1 saturated heterocycles. The molecule has 3 fully saturated rings. The third-order valence-corrected chi connectivity index (χ3v) is 6.77. The van der Waals surface area contributed by atoms with E-state index in [4.69, 9.17) is 0 Å². The zero-order valence-corrected chi connectivity index (χ0v) is 15.9. The summed E-state index contributed by atoms with van der Waals surface area (Å²) in [6, 6.07) is 4.27. The Morgan fingerprint density at radius 3 is 2.65 bits per heavy atom. The number of rotatable bonds is 5. The summed E-state index contributed by atoms with van der Waals surface area (Å²) in [6.45, 7) is 1.67. The van der Waals surface area contributed by atoms with Crippen LogP contribution in [0.25, 0.3) is 0 Å². The molecule has 26 heavy (non-hydrogen) atoms. The van der Waals surface area contributed by atoms with Gasteiger partial charge in [0.2, 0.25) is 5.91 Å². The van der Waals surface area contributed by atoms with Gasteiger partial charge in [0.15, 0.2) is 0 Å². The van der Waals surface area contributed by atoms with Gasteiger partial charge in [0.25, 0.3) is 5.91 Å². The van der Waals surface area contributed by atoms with Crippen LogP contribution in [0.4, 0.5) is 0 Å². The molecule has 1 aromatic rings. The molecule has 0 radical (unpaired) electrons. The monoisotopic (exact) mass is 357 g/mol. The third kappa shape index (κ3) is 3.53. The Morgan fingerprint density at radius 1 is 1.23 bits per heavy atom. The van der Waals surface area contributed by atoms with Gasteiger partial charge >= 0.3 is 0 Å². The molecule has 3 aliphatic rings. The Balaban J connectivity index is 1.44. The van der Waals surface area contributed by atoms with Crippen molar-refractivity contribution in [2.75, 3.05) is 13.1 Å². The van der Waals surface area contributed by atoms with Gasteiger partial charge in [-0.15, -0.1) is 0 Å². The largest absolute Gasteiger partial charge is 0.353 e. The summed E-state index contributed by atoms with van der Waals surface area (Å²) >= 11 is 0. The van der Waals surface area contributed by atoms with Crippen LogP contribution in [-0.4, -0.2) is 40.4 Å². The van der Waals surface area contributed by atoms with Gasteiger partial charge in [-0.05, 0) is 55.6 Å². The van der Waals surface area contributed by atoms with Gasteiger partial charge < -0.3 is 14.8 Å². The number of hydrogen-bond donors (Lipinski definition) is 1. The van der Waals surface area contributed by atoms with E-state index >= 15 is 0 Å². The highest BCUT2D eigenvalue weighted by atomic mass is 16.2. The second-order valence-corrected chi connectivity index (χ2v) is 8.69. The standard InChI is InChI=1S/C21H31N3O2/c1-23-13-5-6-18(23)20(26)24-14-16(7-10-19(25)22-17-8-9-17)21(15-24)11-3-2-4-12-21/h5-6,13,16-17H,2-4,7-12,14-15H2,1H3,(H,22,25). The van der Waals surface area contributed by atoms with Crippen molar-refractivity contribution in [1.82, 2.24) is 14.8 Å². The predicted molar refractivity (Wildman–Crippen MR) is 101 cm³/mol. The van der Waals surface area contributed by atoms with E-state index in [-0.39, 0.29) is 17.2 Å². The van der Waals surface area contributed by atoms with Crippen LogP contribution in [0.2, 0.25) is 0 Å². The van der Waals surface area contributed by atoms with Crippen molar-refractivity contribution < 1.29 is 9.59 Å². The van der Waals surface area contributed by atoms with Gasteiger partial charge in [-0.3, -0.25) is 9.59 Å². The number of aryl methyl sites for hydroxylation is 1. The summed E-state index contributed by atoms with van der Waals surface area (Å²) in [4.78, 5) is 27.3. The number of carbonyl (C=O) groups is 2. The molecule has 0 aromatic carbocycles. The Hall–Kier alpha value is -1.78. The minimum Gasteiger partial charge on any atom is -0.353 e. The van der Waals surface area contributed by atoms with Crippen LogP contribution < -0.4 is 5.32 Å². The summed E-state index contributed by atoms with van der Waals surface area (Å²) in [7, 11) is 1.93. The Bertz CT molecular complexity index is 671. The molecule has 1 aliphatic heterocycles. The fraction of sp³-hybridized carbons (Fsp3) is 0.714. The summed E-state index contributed by atoms with van der Waals surface area (Å²) in [6.07, 6.45) is 12.0. The minimum absolute atomic E-state index is 0.146. The highest BCUT2D eigenvalue weighted by Gasteiger charge is 2.48. The topological polar surface area (TPSA) is 54.3 Å². The number of carbonyl (C=O) groups excluding carboxylic acids is 2. The van der Waals surface area contributed by atoms with Crippen LogP contribution in [0.3, 0.4) is 0 Å². The molecule has 1 aromatic heterocycles. The number of nitrogens with zero attached hydrogens (tertiary/aromatic N) is 2. The zero-order valence-electron chi connectivity index (χ0n) is 15.9. The first-order valence-corrected chi connectivity index (χ1v) is 10.3. The van der Waals surface area contributed by atoms with E-state index in [0.717, 1.165) is 38.0 Å². The Labute approximate surface area is 156 Å². The highest BCUT2D eigenvalue weighted by Crippen LogP contribution is 2.49. The molecule has 1 spiro atoms. The Kier molecular flexibility index (Phi) is 4.80. The number of aromatic nitrogens is 1. The van der Waals surface area contributed by atoms with E-state index in [2.05, 4.69) is 10.2 Å².